The molecule has 1 atom stereocenters. The maximum absolute atomic E-state index is 13.6. The van der Waals surface area contributed by atoms with Gasteiger partial charge >= 0.3 is 6.03 Å². The highest BCUT2D eigenvalue weighted by Gasteiger charge is 2.25. The normalized spacial score (nSPS) is 14.4. The summed E-state index contributed by atoms with van der Waals surface area (Å²) in [4.78, 5) is 43.4. The molecule has 0 saturated carbocycles. The minimum absolute atomic E-state index is 0.120. The van der Waals surface area contributed by atoms with Crippen molar-refractivity contribution in [2.75, 3.05) is 0 Å². The highest BCUT2D eigenvalue weighted by Crippen LogP contribution is 2.35. The molecule has 3 aromatic rings. The number of imide groups is 1. The number of nitrogens with two attached hydrogens (primary N) is 1. The summed E-state index contributed by atoms with van der Waals surface area (Å²) in [5.41, 5.74) is 6.74. The van der Waals surface area contributed by atoms with E-state index in [1.165, 1.54) is 4.88 Å². The van der Waals surface area contributed by atoms with Gasteiger partial charge in [-0.25, -0.2) is 9.78 Å². The highest BCUT2D eigenvalue weighted by atomic mass is 32.2. The number of hydrogen-bond acceptors (Lipinski definition) is 6. The molecule has 9 heteroatoms. The number of carbonyl (C=O) groups excluding carboxylic acids is 2. The number of urea groups is 1. The lowest BCUT2D eigenvalue weighted by Gasteiger charge is -2.15. The minimum atomic E-state index is -0.905. The number of fused-ring (bicyclic) bond motifs is 3. The number of carbonyl (C=O) groups is 2. The van der Waals surface area contributed by atoms with Crippen molar-refractivity contribution in [3.63, 3.8) is 0 Å². The molecule has 1 aliphatic rings. The van der Waals surface area contributed by atoms with Crippen LogP contribution in [0.3, 0.4) is 0 Å². The predicted molar refractivity (Wildman–Crippen MR) is 115 cm³/mol. The number of thioether (sulfide) groups is 1. The van der Waals surface area contributed by atoms with Gasteiger partial charge in [0.1, 0.15) is 4.83 Å². The van der Waals surface area contributed by atoms with Crippen molar-refractivity contribution < 1.29 is 9.59 Å². The molecule has 0 spiro atoms. The van der Waals surface area contributed by atoms with Crippen molar-refractivity contribution in [2.24, 2.45) is 5.73 Å². The third-order valence-electron chi connectivity index (χ3n) is 4.87. The van der Waals surface area contributed by atoms with Crippen LogP contribution in [0, 0.1) is 0 Å². The standard InChI is InChI=1S/C20H20N4O3S2/c1-11(16(25)22-19(21)27)28-20-23-17-15(13-9-5-6-10-14(13)29-17)18(26)24(20)12-7-3-2-4-8-12/h2-4,7-8,11H,5-6,9-10H2,1H3,(H3,21,22,25,27). The van der Waals surface area contributed by atoms with Crippen LogP contribution in [0.1, 0.15) is 30.2 Å². The molecule has 4 rings (SSSR count). The van der Waals surface area contributed by atoms with Gasteiger partial charge in [0.15, 0.2) is 5.16 Å². The van der Waals surface area contributed by atoms with E-state index < -0.39 is 17.2 Å². The molecule has 0 bridgehead atoms. The van der Waals surface area contributed by atoms with Gasteiger partial charge in [0.05, 0.1) is 16.3 Å². The molecule has 1 aromatic carbocycles. The van der Waals surface area contributed by atoms with Crippen molar-refractivity contribution in [1.29, 1.82) is 0 Å². The molecule has 0 fully saturated rings. The lowest BCUT2D eigenvalue weighted by molar-refractivity contribution is -0.119. The third kappa shape index (κ3) is 3.79. The molecule has 29 heavy (non-hydrogen) atoms. The van der Waals surface area contributed by atoms with E-state index in [4.69, 9.17) is 10.7 Å². The van der Waals surface area contributed by atoms with E-state index in [9.17, 15) is 14.4 Å². The van der Waals surface area contributed by atoms with E-state index in [0.717, 1.165) is 43.0 Å². The lowest BCUT2D eigenvalue weighted by Crippen LogP contribution is -2.39. The van der Waals surface area contributed by atoms with Crippen molar-refractivity contribution >= 4 is 45.3 Å². The second kappa shape index (κ2) is 8.00. The van der Waals surface area contributed by atoms with Crippen LogP contribution in [0.25, 0.3) is 15.9 Å². The molecule has 3 N–H and O–H groups in total. The first-order valence-corrected chi connectivity index (χ1v) is 11.0. The van der Waals surface area contributed by atoms with Gasteiger partial charge in [-0.1, -0.05) is 30.0 Å². The summed E-state index contributed by atoms with van der Waals surface area (Å²) in [6.45, 7) is 1.65. The van der Waals surface area contributed by atoms with Gasteiger partial charge in [0.25, 0.3) is 5.56 Å². The number of aromatic nitrogens is 2. The van der Waals surface area contributed by atoms with Crippen LogP contribution >= 0.6 is 23.1 Å². The van der Waals surface area contributed by atoms with Gasteiger partial charge in [0.2, 0.25) is 5.91 Å². The van der Waals surface area contributed by atoms with Crippen molar-refractivity contribution in [1.82, 2.24) is 14.9 Å². The Morgan fingerprint density at radius 1 is 1.24 bits per heavy atom. The van der Waals surface area contributed by atoms with Crippen LogP contribution in [-0.2, 0) is 17.6 Å². The number of nitrogens with one attached hydrogen (secondary N) is 1. The molecule has 0 aliphatic heterocycles. The molecule has 7 nitrogen and oxygen atoms in total. The number of benzene rings is 1. The summed E-state index contributed by atoms with van der Waals surface area (Å²) in [5.74, 6) is -0.526. The molecular formula is C20H20N4O3S2. The van der Waals surface area contributed by atoms with E-state index in [0.29, 0.717) is 21.1 Å². The Hall–Kier alpha value is -2.65. The molecule has 0 saturated heterocycles. The Balaban J connectivity index is 1.87. The Bertz CT molecular complexity index is 1150. The average Bonchev–Trinajstić information content (AvgIpc) is 3.06. The first-order valence-electron chi connectivity index (χ1n) is 9.35. The van der Waals surface area contributed by atoms with Crippen molar-refractivity contribution in [3.8, 4) is 5.69 Å². The fraction of sp³-hybridized carbons (Fsp3) is 0.300. The molecule has 2 aromatic heterocycles. The maximum atomic E-state index is 13.6. The van der Waals surface area contributed by atoms with Gasteiger partial charge in [-0.2, -0.15) is 0 Å². The zero-order chi connectivity index (χ0) is 20.5. The molecule has 0 radical (unpaired) electrons. The first kappa shape index (κ1) is 19.7. The van der Waals surface area contributed by atoms with Crippen LogP contribution < -0.4 is 16.6 Å². The van der Waals surface area contributed by atoms with E-state index in [1.807, 2.05) is 30.3 Å². The summed E-state index contributed by atoms with van der Waals surface area (Å²) in [5, 5.41) is 2.53. The zero-order valence-corrected chi connectivity index (χ0v) is 17.4. The van der Waals surface area contributed by atoms with Crippen LogP contribution in [0.5, 0.6) is 0 Å². The topological polar surface area (TPSA) is 107 Å². The fourth-order valence-corrected chi connectivity index (χ4v) is 5.73. The summed E-state index contributed by atoms with van der Waals surface area (Å²) in [6.07, 6.45) is 4.06. The quantitative estimate of drug-likeness (QED) is 0.491. The largest absolute Gasteiger partial charge is 0.351 e. The number of hydrogen-bond donors (Lipinski definition) is 2. The van der Waals surface area contributed by atoms with E-state index in [2.05, 4.69) is 5.32 Å². The van der Waals surface area contributed by atoms with Gasteiger partial charge in [-0.15, -0.1) is 11.3 Å². The smallest absolute Gasteiger partial charge is 0.318 e. The molecular weight excluding hydrogens is 408 g/mol. The highest BCUT2D eigenvalue weighted by molar-refractivity contribution is 8.00. The SMILES string of the molecule is CC(Sc1nc2sc3c(c2c(=O)n1-c1ccccc1)CCCC3)C(=O)NC(N)=O. The summed E-state index contributed by atoms with van der Waals surface area (Å²) >= 11 is 2.69. The number of aryl methyl sites for hydroxylation is 2. The van der Waals surface area contributed by atoms with Gasteiger partial charge in [-0.05, 0) is 50.3 Å². The average molecular weight is 429 g/mol. The van der Waals surface area contributed by atoms with Gasteiger partial charge in [0, 0.05) is 4.88 Å². The fourth-order valence-electron chi connectivity index (χ4n) is 3.50. The Morgan fingerprint density at radius 2 is 1.97 bits per heavy atom. The molecule has 1 aliphatic carbocycles. The first-order chi connectivity index (χ1) is 14.0. The Kier molecular flexibility index (Phi) is 5.42. The number of nitrogens with zero attached hydrogens (tertiary/aromatic N) is 2. The number of thiophene rings is 1. The summed E-state index contributed by atoms with van der Waals surface area (Å²) < 4.78 is 1.56. The zero-order valence-electron chi connectivity index (χ0n) is 15.8. The predicted octanol–water partition coefficient (Wildman–Crippen LogP) is 3.00. The van der Waals surface area contributed by atoms with Crippen molar-refractivity contribution in [3.05, 3.63) is 51.1 Å². The van der Waals surface area contributed by atoms with Gasteiger partial charge in [-0.3, -0.25) is 19.5 Å². The maximum Gasteiger partial charge on any atom is 0.318 e. The molecule has 3 amide bonds. The lowest BCUT2D eigenvalue weighted by atomic mass is 9.97. The monoisotopic (exact) mass is 428 g/mol. The second-order valence-corrected chi connectivity index (χ2v) is 9.27. The number of primary amides is 1. The Labute approximate surface area is 175 Å². The third-order valence-corrected chi connectivity index (χ3v) is 7.11. The van der Waals surface area contributed by atoms with Gasteiger partial charge < -0.3 is 5.73 Å². The van der Waals surface area contributed by atoms with E-state index >= 15 is 0 Å². The molecule has 2 heterocycles. The summed E-state index contributed by atoms with van der Waals surface area (Å²) in [6, 6.07) is 8.36. The number of para-hydroxylation sites is 1. The number of rotatable bonds is 4. The minimum Gasteiger partial charge on any atom is -0.351 e. The summed E-state index contributed by atoms with van der Waals surface area (Å²) in [7, 11) is 0. The van der Waals surface area contributed by atoms with E-state index in [1.54, 1.807) is 22.8 Å². The van der Waals surface area contributed by atoms with Crippen LogP contribution in [-0.4, -0.2) is 26.7 Å². The van der Waals surface area contributed by atoms with Crippen LogP contribution in [0.4, 0.5) is 4.79 Å². The van der Waals surface area contributed by atoms with Crippen molar-refractivity contribution in [2.45, 2.75) is 43.0 Å². The number of amides is 3. The molecule has 1 unspecified atom stereocenters. The van der Waals surface area contributed by atoms with Crippen LogP contribution in [0.2, 0.25) is 0 Å². The van der Waals surface area contributed by atoms with E-state index in [-0.39, 0.29) is 5.56 Å². The second-order valence-electron chi connectivity index (χ2n) is 6.88. The molecule has 150 valence electrons. The van der Waals surface area contributed by atoms with Crippen LogP contribution in [0.15, 0.2) is 40.3 Å². The Morgan fingerprint density at radius 3 is 2.69 bits per heavy atom.